The fourth-order valence-corrected chi connectivity index (χ4v) is 2.56. The van der Waals surface area contributed by atoms with Crippen molar-refractivity contribution in [3.05, 3.63) is 11.6 Å². The van der Waals surface area contributed by atoms with E-state index in [4.69, 9.17) is 9.47 Å². The molecule has 0 spiro atoms. The average molecular weight is 327 g/mol. The highest BCUT2D eigenvalue weighted by molar-refractivity contribution is 5.68. The van der Waals surface area contributed by atoms with Crippen LogP contribution in [0.4, 0.5) is 4.79 Å². The van der Waals surface area contributed by atoms with Crippen LogP contribution in [-0.4, -0.2) is 34.2 Å². The van der Waals surface area contributed by atoms with Crippen LogP contribution in [0.5, 0.6) is 0 Å². The summed E-state index contributed by atoms with van der Waals surface area (Å²) >= 11 is 0. The number of hydrogen-bond acceptors (Lipinski definition) is 4. The fraction of sp³-hybridized carbons (Fsp3) is 0.833. The summed E-state index contributed by atoms with van der Waals surface area (Å²) in [6.07, 6.45) is 3.84. The molecule has 0 aromatic rings. The maximum atomic E-state index is 11.9. The number of amides is 1. The molecule has 1 amide bonds. The maximum absolute atomic E-state index is 11.9. The van der Waals surface area contributed by atoms with Crippen molar-refractivity contribution in [1.82, 2.24) is 5.32 Å². The van der Waals surface area contributed by atoms with Gasteiger partial charge in [0.15, 0.2) is 6.29 Å². The van der Waals surface area contributed by atoms with Gasteiger partial charge >= 0.3 is 6.09 Å². The molecule has 1 saturated carbocycles. The summed E-state index contributed by atoms with van der Waals surface area (Å²) in [5, 5.41) is 12.9. The van der Waals surface area contributed by atoms with Crippen LogP contribution in [0.25, 0.3) is 0 Å². The maximum Gasteiger partial charge on any atom is 0.408 e. The van der Waals surface area contributed by atoms with Gasteiger partial charge in [0, 0.05) is 5.54 Å². The number of nitrogens with one attached hydrogen (secondary N) is 1. The Morgan fingerprint density at radius 2 is 1.70 bits per heavy atom. The molecule has 0 aromatic carbocycles. The number of hydrogen-bond donors (Lipinski definition) is 2. The molecule has 0 saturated heterocycles. The van der Waals surface area contributed by atoms with Crippen molar-refractivity contribution in [1.29, 1.82) is 0 Å². The van der Waals surface area contributed by atoms with Crippen molar-refractivity contribution in [2.24, 2.45) is 0 Å². The zero-order chi connectivity index (χ0) is 17.9. The monoisotopic (exact) mass is 327 g/mol. The predicted octanol–water partition coefficient (Wildman–Crippen LogP) is 3.90. The van der Waals surface area contributed by atoms with E-state index in [0.717, 1.165) is 25.7 Å². The molecular formula is C18H33NO4. The molecule has 1 rings (SSSR count). The molecule has 1 aliphatic rings. The van der Waals surface area contributed by atoms with Crippen LogP contribution in [0.3, 0.4) is 0 Å². The zero-order valence-corrected chi connectivity index (χ0v) is 15.7. The number of carbonyl (C=O) groups is 1. The number of rotatable bonds is 3. The highest BCUT2D eigenvalue weighted by atomic mass is 16.6. The lowest BCUT2D eigenvalue weighted by atomic mass is 9.80. The van der Waals surface area contributed by atoms with Crippen molar-refractivity contribution in [3.63, 3.8) is 0 Å². The number of carbonyl (C=O) groups excluding carboxylic acids is 1. The van der Waals surface area contributed by atoms with Crippen LogP contribution >= 0.6 is 0 Å². The van der Waals surface area contributed by atoms with Crippen LogP contribution in [-0.2, 0) is 9.47 Å². The van der Waals surface area contributed by atoms with E-state index in [1.54, 1.807) is 6.08 Å². The van der Waals surface area contributed by atoms with Gasteiger partial charge in [-0.1, -0.05) is 5.57 Å². The lowest BCUT2D eigenvalue weighted by Crippen LogP contribution is -2.49. The average Bonchev–Trinajstić information content (AvgIpc) is 2.27. The minimum absolute atomic E-state index is 0.268. The smallest absolute Gasteiger partial charge is 0.408 e. The third-order valence-electron chi connectivity index (χ3n) is 3.65. The minimum atomic E-state index is -0.881. The first kappa shape index (κ1) is 20.0. The number of allylic oxidation sites excluding steroid dienone is 1. The van der Waals surface area contributed by atoms with Crippen molar-refractivity contribution in [2.75, 3.05) is 0 Å². The zero-order valence-electron chi connectivity index (χ0n) is 15.7. The predicted molar refractivity (Wildman–Crippen MR) is 91.2 cm³/mol. The minimum Gasteiger partial charge on any atom is -0.444 e. The number of aliphatic hydroxyl groups is 1. The molecule has 23 heavy (non-hydrogen) atoms. The van der Waals surface area contributed by atoms with Gasteiger partial charge in [0.25, 0.3) is 0 Å². The van der Waals surface area contributed by atoms with E-state index in [9.17, 15) is 9.90 Å². The van der Waals surface area contributed by atoms with Gasteiger partial charge in [-0.25, -0.2) is 4.79 Å². The van der Waals surface area contributed by atoms with E-state index < -0.39 is 11.9 Å². The van der Waals surface area contributed by atoms with Crippen molar-refractivity contribution < 1.29 is 19.4 Å². The van der Waals surface area contributed by atoms with E-state index in [0.29, 0.717) is 0 Å². The number of ether oxygens (including phenoxy) is 2. The van der Waals surface area contributed by atoms with Gasteiger partial charge in [0.2, 0.25) is 0 Å². The Bertz CT molecular complexity index is 433. The Kier molecular flexibility index (Phi) is 6.27. The summed E-state index contributed by atoms with van der Waals surface area (Å²) in [4.78, 5) is 11.9. The summed E-state index contributed by atoms with van der Waals surface area (Å²) in [7, 11) is 0. The molecule has 0 bridgehead atoms. The molecular weight excluding hydrogens is 294 g/mol. The quantitative estimate of drug-likeness (QED) is 0.609. The molecule has 5 heteroatoms. The van der Waals surface area contributed by atoms with E-state index >= 15 is 0 Å². The summed E-state index contributed by atoms with van der Waals surface area (Å²) in [5.74, 6) is 0. The summed E-state index contributed by atoms with van der Waals surface area (Å²) < 4.78 is 10.8. The van der Waals surface area contributed by atoms with Crippen LogP contribution in [0.1, 0.15) is 74.1 Å². The summed E-state index contributed by atoms with van der Waals surface area (Å²) in [6.45, 7) is 13.3. The van der Waals surface area contributed by atoms with E-state index in [1.807, 2.05) is 48.5 Å². The highest BCUT2D eigenvalue weighted by Crippen LogP contribution is 2.32. The Balaban J connectivity index is 2.52. The second kappa shape index (κ2) is 7.22. The molecule has 2 N–H and O–H groups in total. The highest BCUT2D eigenvalue weighted by Gasteiger charge is 2.32. The lowest BCUT2D eigenvalue weighted by Gasteiger charge is -2.36. The molecule has 1 unspecified atom stereocenters. The standard InChI is InChI=1S/C18H33NO4/c1-16(2,3)22-14(20)12-13-8-10-18(7,11-9-13)19-15(21)23-17(4,5)6/h12,14,20H,8-11H2,1-7H3,(H,19,21). The normalized spacial score (nSPS) is 24.1. The third kappa shape index (κ3) is 8.37. The number of aliphatic hydroxyl groups excluding tert-OH is 1. The van der Waals surface area contributed by atoms with Crippen LogP contribution in [0.15, 0.2) is 11.6 Å². The third-order valence-corrected chi connectivity index (χ3v) is 3.65. The van der Waals surface area contributed by atoms with Crippen molar-refractivity contribution >= 4 is 6.09 Å². The molecule has 1 atom stereocenters. The van der Waals surface area contributed by atoms with Gasteiger partial charge in [0.1, 0.15) is 5.60 Å². The molecule has 5 nitrogen and oxygen atoms in total. The van der Waals surface area contributed by atoms with Gasteiger partial charge in [-0.3, -0.25) is 0 Å². The van der Waals surface area contributed by atoms with Crippen LogP contribution < -0.4 is 5.32 Å². The largest absolute Gasteiger partial charge is 0.444 e. The first-order chi connectivity index (χ1) is 10.3. The molecule has 1 aliphatic carbocycles. The first-order valence-corrected chi connectivity index (χ1v) is 8.35. The Labute approximate surface area is 140 Å². The van der Waals surface area contributed by atoms with Gasteiger partial charge in [0.05, 0.1) is 5.60 Å². The molecule has 134 valence electrons. The Morgan fingerprint density at radius 3 is 2.13 bits per heavy atom. The number of alkyl carbamates (subject to hydrolysis) is 1. The van der Waals surface area contributed by atoms with Gasteiger partial charge < -0.3 is 19.9 Å². The molecule has 0 aromatic heterocycles. The molecule has 0 heterocycles. The van der Waals surface area contributed by atoms with Crippen LogP contribution in [0.2, 0.25) is 0 Å². The lowest BCUT2D eigenvalue weighted by molar-refractivity contribution is -0.138. The van der Waals surface area contributed by atoms with Gasteiger partial charge in [-0.05, 0) is 80.2 Å². The van der Waals surface area contributed by atoms with Gasteiger partial charge in [-0.15, -0.1) is 0 Å². The SMILES string of the molecule is CC1(NC(=O)OC(C)(C)C)CCC(=CC(O)OC(C)(C)C)CC1. The van der Waals surface area contributed by atoms with E-state index in [-0.39, 0.29) is 17.2 Å². The Hall–Kier alpha value is -1.07. The second-order valence-corrected chi connectivity index (χ2v) is 8.63. The molecule has 1 fully saturated rings. The second-order valence-electron chi connectivity index (χ2n) is 8.63. The van der Waals surface area contributed by atoms with Crippen LogP contribution in [0, 0.1) is 0 Å². The topological polar surface area (TPSA) is 67.8 Å². The fourth-order valence-electron chi connectivity index (χ4n) is 2.56. The Morgan fingerprint density at radius 1 is 1.17 bits per heavy atom. The molecule has 0 aliphatic heterocycles. The molecule has 0 radical (unpaired) electrons. The van der Waals surface area contributed by atoms with Crippen molar-refractivity contribution in [3.8, 4) is 0 Å². The van der Waals surface area contributed by atoms with E-state index in [2.05, 4.69) is 5.32 Å². The van der Waals surface area contributed by atoms with Gasteiger partial charge in [-0.2, -0.15) is 0 Å². The summed E-state index contributed by atoms with van der Waals surface area (Å²) in [6, 6.07) is 0. The summed E-state index contributed by atoms with van der Waals surface area (Å²) in [5.41, 5.74) is 0.0346. The van der Waals surface area contributed by atoms with E-state index in [1.165, 1.54) is 5.57 Å². The first-order valence-electron chi connectivity index (χ1n) is 8.35. The van der Waals surface area contributed by atoms with Crippen molar-refractivity contribution in [2.45, 2.75) is 97.2 Å².